The summed E-state index contributed by atoms with van der Waals surface area (Å²) in [6, 6.07) is 0. The third-order valence-electron chi connectivity index (χ3n) is 0.323. The average Bonchev–Trinajstić information content (AvgIpc) is 1.25. The molecule has 10 heavy (non-hydrogen) atoms. The van der Waals surface area contributed by atoms with Gasteiger partial charge in [0.2, 0.25) is 0 Å². The summed E-state index contributed by atoms with van der Waals surface area (Å²) >= 11 is 0. The van der Waals surface area contributed by atoms with E-state index in [4.69, 9.17) is 0 Å². The van der Waals surface area contributed by atoms with Crippen molar-refractivity contribution >= 4 is 10.0 Å². The molecule has 0 aliphatic rings. The predicted molar refractivity (Wildman–Crippen MR) is 19.2 cm³/mol. The zero-order chi connectivity index (χ0) is 7.00. The second-order valence-electron chi connectivity index (χ2n) is 0.991. The number of rotatable bonds is 0. The van der Waals surface area contributed by atoms with Gasteiger partial charge in [-0.15, -0.1) is 0 Å². The summed E-state index contributed by atoms with van der Waals surface area (Å²) in [7, 11) is -5.34. The second-order valence-corrected chi connectivity index (χ2v) is 2.54. The van der Waals surface area contributed by atoms with Crippen molar-refractivity contribution in [3.63, 3.8) is 0 Å². The summed E-state index contributed by atoms with van der Waals surface area (Å²) in [5.74, 6) is 0. The molecule has 2 N–H and O–H groups in total. The molecule has 0 fully saturated rings. The molecule has 0 aliphatic heterocycles. The quantitative estimate of drug-likeness (QED) is 0.361. The van der Waals surface area contributed by atoms with Crippen molar-refractivity contribution in [2.75, 3.05) is 0 Å². The Morgan fingerprint density at radius 2 is 1.20 bits per heavy atom. The molecule has 0 spiro atoms. The molecule has 0 aliphatic carbocycles. The summed E-state index contributed by atoms with van der Waals surface area (Å²) in [4.78, 5) is 0. The van der Waals surface area contributed by atoms with Gasteiger partial charge in [-0.05, 0) is 0 Å². The molecule has 0 saturated carbocycles. The predicted octanol–water partition coefficient (Wildman–Crippen LogP) is -6.20. The number of halogens is 3. The number of nitrogens with two attached hydrogens (primary N) is 1. The van der Waals surface area contributed by atoms with Crippen LogP contribution in [-0.4, -0.2) is 13.9 Å². The van der Waals surface area contributed by atoms with Crippen LogP contribution < -0.4 is 42.9 Å². The molecule has 0 unspecified atom stereocenters. The minimum Gasteiger partial charge on any atom is -0.221 e. The van der Waals surface area contributed by atoms with Crippen LogP contribution in [0.15, 0.2) is 0 Å². The Bertz CT molecular complexity index is 173. The normalized spacial score (nSPS) is 11.2. The van der Waals surface area contributed by atoms with Gasteiger partial charge in [-0.3, -0.25) is 0 Å². The molecule has 0 radical (unpaired) electrons. The van der Waals surface area contributed by atoms with Crippen LogP contribution in [0.25, 0.3) is 0 Å². The first-order valence-electron chi connectivity index (χ1n) is 1.34. The Balaban J connectivity index is -0.000000245. The molecule has 0 aromatic carbocycles. The second kappa shape index (κ2) is 4.71. The minimum absolute atomic E-state index is 0. The van der Waals surface area contributed by atoms with E-state index in [0.29, 0.717) is 0 Å². The summed E-state index contributed by atoms with van der Waals surface area (Å²) < 4.78 is 51.2. The fourth-order valence-electron chi connectivity index (χ4n) is 0. The van der Waals surface area contributed by atoms with Gasteiger partial charge in [-0.1, -0.05) is 0 Å². The zero-order valence-electron chi connectivity index (χ0n) is 5.44. The first-order valence-corrected chi connectivity index (χ1v) is 2.89. The van der Waals surface area contributed by atoms with Gasteiger partial charge in [-0.2, -0.15) is 13.2 Å². The van der Waals surface area contributed by atoms with Crippen LogP contribution in [-0.2, 0) is 10.0 Å². The van der Waals surface area contributed by atoms with E-state index in [1.165, 1.54) is 0 Å². The Labute approximate surface area is 79.9 Å². The van der Waals surface area contributed by atoms with Crippen molar-refractivity contribution in [3.05, 3.63) is 0 Å². The molecular formula is CH2F3Li2NO2S+2. The molecule has 0 saturated heterocycles. The van der Waals surface area contributed by atoms with E-state index in [2.05, 4.69) is 5.14 Å². The van der Waals surface area contributed by atoms with Crippen molar-refractivity contribution in [2.24, 2.45) is 5.14 Å². The Hall–Kier alpha value is 0.895. The molecule has 0 bridgehead atoms. The topological polar surface area (TPSA) is 60.2 Å². The van der Waals surface area contributed by atoms with E-state index in [1.807, 2.05) is 0 Å². The van der Waals surface area contributed by atoms with Crippen LogP contribution in [0.1, 0.15) is 0 Å². The molecule has 0 aromatic rings. The Morgan fingerprint density at radius 1 is 1.10 bits per heavy atom. The minimum atomic E-state index is -5.34. The zero-order valence-corrected chi connectivity index (χ0v) is 6.25. The van der Waals surface area contributed by atoms with Gasteiger partial charge < -0.3 is 0 Å². The molecule has 0 aromatic heterocycles. The van der Waals surface area contributed by atoms with Crippen molar-refractivity contribution in [1.29, 1.82) is 0 Å². The summed E-state index contributed by atoms with van der Waals surface area (Å²) in [5.41, 5.74) is -5.31. The summed E-state index contributed by atoms with van der Waals surface area (Å²) in [6.07, 6.45) is 0. The number of alkyl halides is 3. The van der Waals surface area contributed by atoms with Crippen molar-refractivity contribution in [2.45, 2.75) is 5.51 Å². The van der Waals surface area contributed by atoms with Crippen LogP contribution >= 0.6 is 0 Å². The van der Waals surface area contributed by atoms with Crippen LogP contribution in [0.4, 0.5) is 13.2 Å². The molecule has 0 atom stereocenters. The van der Waals surface area contributed by atoms with E-state index >= 15 is 0 Å². The van der Waals surface area contributed by atoms with Gasteiger partial charge in [0, 0.05) is 0 Å². The number of hydrogen-bond acceptors (Lipinski definition) is 2. The van der Waals surface area contributed by atoms with Crippen LogP contribution in [0.2, 0.25) is 0 Å². The molecule has 0 heterocycles. The van der Waals surface area contributed by atoms with Gasteiger partial charge >= 0.3 is 53.3 Å². The Kier molecular flexibility index (Phi) is 8.06. The van der Waals surface area contributed by atoms with Gasteiger partial charge in [0.25, 0.3) is 0 Å². The number of hydrogen-bond donors (Lipinski definition) is 1. The van der Waals surface area contributed by atoms with E-state index in [-0.39, 0.29) is 37.7 Å². The SMILES string of the molecule is NS(=O)(=O)C(F)(F)F.[Li+].[Li+]. The molecule has 0 amide bonds. The van der Waals surface area contributed by atoms with E-state index in [1.54, 1.807) is 0 Å². The maximum absolute atomic E-state index is 10.8. The number of primary sulfonamides is 1. The summed E-state index contributed by atoms with van der Waals surface area (Å²) in [6.45, 7) is 0. The van der Waals surface area contributed by atoms with Crippen molar-refractivity contribution < 1.29 is 59.3 Å². The standard InChI is InChI=1S/CH2F3NO2S.2Li/c2-1(3,4)8(5,6)7;;/h(H2,5,6,7);;/q;2*+1. The third kappa shape index (κ3) is 5.66. The van der Waals surface area contributed by atoms with Gasteiger partial charge in [0.15, 0.2) is 0 Å². The smallest absolute Gasteiger partial charge is 0.221 e. The van der Waals surface area contributed by atoms with Crippen LogP contribution in [0.3, 0.4) is 0 Å². The third-order valence-corrected chi connectivity index (χ3v) is 0.968. The number of sulfonamides is 1. The van der Waals surface area contributed by atoms with E-state index in [0.717, 1.165) is 0 Å². The monoisotopic (exact) mass is 163 g/mol. The molecular weight excluding hydrogens is 161 g/mol. The molecule has 0 rings (SSSR count). The molecule has 9 heteroatoms. The fourth-order valence-corrected chi connectivity index (χ4v) is 0. The fraction of sp³-hybridized carbons (Fsp3) is 1.00. The van der Waals surface area contributed by atoms with E-state index < -0.39 is 15.5 Å². The maximum Gasteiger partial charge on any atom is 1.00 e. The molecule has 3 nitrogen and oxygen atoms in total. The van der Waals surface area contributed by atoms with Crippen LogP contribution in [0.5, 0.6) is 0 Å². The first kappa shape index (κ1) is 17.1. The molecule has 50 valence electrons. The van der Waals surface area contributed by atoms with Gasteiger partial charge in [0.05, 0.1) is 0 Å². The van der Waals surface area contributed by atoms with Gasteiger partial charge in [-0.25, -0.2) is 13.6 Å². The van der Waals surface area contributed by atoms with Crippen LogP contribution in [0, 0.1) is 0 Å². The summed E-state index contributed by atoms with van der Waals surface area (Å²) in [5, 5.41) is 3.66. The van der Waals surface area contributed by atoms with Gasteiger partial charge in [0.1, 0.15) is 0 Å². The first-order chi connectivity index (χ1) is 3.25. The maximum atomic E-state index is 10.8. The Morgan fingerprint density at radius 3 is 1.20 bits per heavy atom. The average molecular weight is 163 g/mol. The van der Waals surface area contributed by atoms with E-state index in [9.17, 15) is 21.6 Å². The van der Waals surface area contributed by atoms with Crippen molar-refractivity contribution in [3.8, 4) is 0 Å². The largest absolute Gasteiger partial charge is 1.00 e. The van der Waals surface area contributed by atoms with Crippen molar-refractivity contribution in [1.82, 2.24) is 0 Å².